The number of rotatable bonds is 14. The normalized spacial score (nSPS) is 11.9. The van der Waals surface area contributed by atoms with Crippen molar-refractivity contribution >= 4 is 27.5 Å². The molecule has 0 fully saturated rings. The second kappa shape index (κ2) is 15.2. The fourth-order valence-corrected chi connectivity index (χ4v) is 6.27. The number of anilines is 1. The molecule has 0 spiro atoms. The van der Waals surface area contributed by atoms with Gasteiger partial charge in [0.2, 0.25) is 11.8 Å². The minimum atomic E-state index is -4.21. The number of sulfonamides is 1. The van der Waals surface area contributed by atoms with Crippen LogP contribution in [0.4, 0.5) is 5.69 Å². The lowest BCUT2D eigenvalue weighted by atomic mass is 10.0. The van der Waals surface area contributed by atoms with Crippen molar-refractivity contribution in [2.45, 2.75) is 37.8 Å². The fraction of sp³-hybridized carbons (Fsp3) is 0.257. The number of para-hydroxylation sites is 2. The number of hydrogen-bond donors (Lipinski definition) is 1. The first kappa shape index (κ1) is 32.3. The third-order valence-corrected chi connectivity index (χ3v) is 8.89. The van der Waals surface area contributed by atoms with Crippen molar-refractivity contribution in [3.05, 3.63) is 126 Å². The third-order valence-electron chi connectivity index (χ3n) is 7.12. The van der Waals surface area contributed by atoms with Crippen LogP contribution in [0, 0.1) is 5.92 Å². The predicted octanol–water partition coefficient (Wildman–Crippen LogP) is 5.30. The zero-order valence-electron chi connectivity index (χ0n) is 25.3. The molecule has 44 heavy (non-hydrogen) atoms. The van der Waals surface area contributed by atoms with Crippen LogP contribution in [0.3, 0.4) is 0 Å². The molecule has 0 saturated carbocycles. The molecule has 8 nitrogen and oxygen atoms in total. The Bertz CT molecular complexity index is 1610. The summed E-state index contributed by atoms with van der Waals surface area (Å²) in [5.41, 5.74) is 1.91. The molecule has 0 saturated heterocycles. The molecule has 230 valence electrons. The van der Waals surface area contributed by atoms with Gasteiger partial charge in [-0.25, -0.2) is 8.42 Å². The number of hydrogen-bond acceptors (Lipinski definition) is 5. The smallest absolute Gasteiger partial charge is 0.264 e. The highest BCUT2D eigenvalue weighted by molar-refractivity contribution is 7.92. The standard InChI is InChI=1S/C35H39N3O5S/c1-27(2)24-36-35(40)32(23-28-15-7-4-8-16-28)37(25-29-17-9-5-10-18-29)34(39)26-38(31-21-13-14-22-33(31)43-3)44(41,42)30-19-11-6-12-20-30/h4-22,27,32H,23-26H2,1-3H3,(H,36,40)/t32-/m0/s1. The molecule has 0 radical (unpaired) electrons. The summed E-state index contributed by atoms with van der Waals surface area (Å²) in [6.07, 6.45) is 0.253. The van der Waals surface area contributed by atoms with Gasteiger partial charge in [0, 0.05) is 19.5 Å². The van der Waals surface area contributed by atoms with E-state index in [1.54, 1.807) is 42.5 Å². The summed E-state index contributed by atoms with van der Waals surface area (Å²) in [6.45, 7) is 4.00. The number of ether oxygens (including phenoxy) is 1. The van der Waals surface area contributed by atoms with Gasteiger partial charge in [0.05, 0.1) is 17.7 Å². The van der Waals surface area contributed by atoms with Crippen molar-refractivity contribution in [2.24, 2.45) is 5.92 Å². The van der Waals surface area contributed by atoms with Crippen LogP contribution >= 0.6 is 0 Å². The van der Waals surface area contributed by atoms with Gasteiger partial charge in [0.25, 0.3) is 10.0 Å². The van der Waals surface area contributed by atoms with Crippen LogP contribution < -0.4 is 14.4 Å². The van der Waals surface area contributed by atoms with Gasteiger partial charge in [-0.05, 0) is 41.3 Å². The first-order valence-corrected chi connectivity index (χ1v) is 16.0. The van der Waals surface area contributed by atoms with Crippen LogP contribution in [0.15, 0.2) is 120 Å². The zero-order valence-corrected chi connectivity index (χ0v) is 26.1. The summed E-state index contributed by atoms with van der Waals surface area (Å²) in [5.74, 6) is -0.335. The molecule has 4 rings (SSSR count). The summed E-state index contributed by atoms with van der Waals surface area (Å²) in [5, 5.41) is 3.00. The average Bonchev–Trinajstić information content (AvgIpc) is 3.05. The number of carbonyl (C=O) groups is 2. The second-order valence-electron chi connectivity index (χ2n) is 10.8. The monoisotopic (exact) mass is 613 g/mol. The van der Waals surface area contributed by atoms with E-state index in [0.717, 1.165) is 15.4 Å². The molecule has 0 aromatic heterocycles. The van der Waals surface area contributed by atoms with Crippen LogP contribution in [0.2, 0.25) is 0 Å². The maximum absolute atomic E-state index is 14.5. The Kier molecular flexibility index (Phi) is 11.2. The highest BCUT2D eigenvalue weighted by Crippen LogP contribution is 2.32. The topological polar surface area (TPSA) is 96.0 Å². The quantitative estimate of drug-likeness (QED) is 0.208. The highest BCUT2D eigenvalue weighted by atomic mass is 32.2. The van der Waals surface area contributed by atoms with E-state index in [1.807, 2.05) is 74.5 Å². The van der Waals surface area contributed by atoms with E-state index in [1.165, 1.54) is 24.1 Å². The molecule has 4 aromatic rings. The van der Waals surface area contributed by atoms with E-state index in [9.17, 15) is 18.0 Å². The summed E-state index contributed by atoms with van der Waals surface area (Å²) in [7, 11) is -2.76. The zero-order chi connectivity index (χ0) is 31.5. The summed E-state index contributed by atoms with van der Waals surface area (Å²) < 4.78 is 34.8. The molecule has 4 aromatic carbocycles. The number of amides is 2. The average molecular weight is 614 g/mol. The van der Waals surface area contributed by atoms with Crippen LogP contribution in [0.1, 0.15) is 25.0 Å². The number of benzene rings is 4. The van der Waals surface area contributed by atoms with Gasteiger partial charge in [-0.2, -0.15) is 0 Å². The number of methoxy groups -OCH3 is 1. The number of nitrogens with zero attached hydrogens (tertiary/aromatic N) is 2. The predicted molar refractivity (Wildman–Crippen MR) is 173 cm³/mol. The molecule has 1 N–H and O–H groups in total. The Balaban J connectivity index is 1.80. The maximum atomic E-state index is 14.5. The van der Waals surface area contributed by atoms with E-state index in [-0.39, 0.29) is 35.4 Å². The summed E-state index contributed by atoms with van der Waals surface area (Å²) >= 11 is 0. The largest absolute Gasteiger partial charge is 0.495 e. The van der Waals surface area contributed by atoms with Gasteiger partial charge >= 0.3 is 0 Å². The third kappa shape index (κ3) is 8.26. The summed E-state index contributed by atoms with van der Waals surface area (Å²) in [4.78, 5) is 29.8. The molecule has 0 aliphatic rings. The van der Waals surface area contributed by atoms with Crippen LogP contribution in [-0.2, 0) is 32.6 Å². The molecule has 0 bridgehead atoms. The van der Waals surface area contributed by atoms with Crippen molar-refractivity contribution in [3.8, 4) is 5.75 Å². The number of carbonyl (C=O) groups excluding carboxylic acids is 2. The van der Waals surface area contributed by atoms with Crippen molar-refractivity contribution in [2.75, 3.05) is 24.5 Å². The number of nitrogens with one attached hydrogen (secondary N) is 1. The molecule has 2 amide bonds. The van der Waals surface area contributed by atoms with Gasteiger partial charge in [0.15, 0.2) is 0 Å². The van der Waals surface area contributed by atoms with Crippen molar-refractivity contribution < 1.29 is 22.7 Å². The SMILES string of the molecule is COc1ccccc1N(CC(=O)N(Cc1ccccc1)[C@@H](Cc1ccccc1)C(=O)NCC(C)C)S(=O)(=O)c1ccccc1. The van der Waals surface area contributed by atoms with Crippen molar-refractivity contribution in [1.29, 1.82) is 0 Å². The van der Waals surface area contributed by atoms with E-state index in [4.69, 9.17) is 4.74 Å². The second-order valence-corrected chi connectivity index (χ2v) is 12.7. The van der Waals surface area contributed by atoms with Gasteiger partial charge in [0.1, 0.15) is 18.3 Å². The minimum absolute atomic E-state index is 0.0313. The van der Waals surface area contributed by atoms with Crippen LogP contribution in [0.5, 0.6) is 5.75 Å². The molecule has 0 heterocycles. The van der Waals surface area contributed by atoms with Gasteiger partial charge in [-0.3, -0.25) is 13.9 Å². The maximum Gasteiger partial charge on any atom is 0.264 e. The Morgan fingerprint density at radius 2 is 1.32 bits per heavy atom. The molecule has 0 unspecified atom stereocenters. The Morgan fingerprint density at radius 3 is 1.91 bits per heavy atom. The van der Waals surface area contributed by atoms with E-state index < -0.39 is 28.5 Å². The first-order chi connectivity index (χ1) is 21.2. The molecular weight excluding hydrogens is 574 g/mol. The molecule has 0 aliphatic carbocycles. The molecule has 0 aliphatic heterocycles. The first-order valence-electron chi connectivity index (χ1n) is 14.6. The Morgan fingerprint density at radius 1 is 0.773 bits per heavy atom. The van der Waals surface area contributed by atoms with E-state index in [0.29, 0.717) is 12.3 Å². The van der Waals surface area contributed by atoms with Gasteiger partial charge in [-0.1, -0.05) is 105 Å². The highest BCUT2D eigenvalue weighted by Gasteiger charge is 2.35. The lowest BCUT2D eigenvalue weighted by Crippen LogP contribution is -2.53. The van der Waals surface area contributed by atoms with Crippen molar-refractivity contribution in [3.63, 3.8) is 0 Å². The summed E-state index contributed by atoms with van der Waals surface area (Å²) in [6, 6.07) is 32.6. The lowest BCUT2D eigenvalue weighted by molar-refractivity contribution is -0.140. The van der Waals surface area contributed by atoms with Crippen LogP contribution in [0.25, 0.3) is 0 Å². The van der Waals surface area contributed by atoms with E-state index in [2.05, 4.69) is 5.32 Å². The van der Waals surface area contributed by atoms with Gasteiger partial charge < -0.3 is 15.0 Å². The van der Waals surface area contributed by atoms with E-state index >= 15 is 0 Å². The van der Waals surface area contributed by atoms with Gasteiger partial charge in [-0.15, -0.1) is 0 Å². The Labute approximate surface area is 260 Å². The van der Waals surface area contributed by atoms with Crippen LogP contribution in [-0.4, -0.2) is 51.4 Å². The Hall–Kier alpha value is -4.63. The van der Waals surface area contributed by atoms with Crippen molar-refractivity contribution in [1.82, 2.24) is 10.2 Å². The molecule has 1 atom stereocenters. The fourth-order valence-electron chi connectivity index (χ4n) is 4.83. The minimum Gasteiger partial charge on any atom is -0.495 e. The molecule has 9 heteroatoms. The molecular formula is C35H39N3O5S. The lowest BCUT2D eigenvalue weighted by Gasteiger charge is -2.34.